The highest BCUT2D eigenvalue weighted by Gasteiger charge is 2.58. The van der Waals surface area contributed by atoms with Crippen LogP contribution in [0, 0.1) is 5.92 Å². The molecule has 1 aromatic carbocycles. The van der Waals surface area contributed by atoms with Gasteiger partial charge in [0.1, 0.15) is 5.75 Å². The lowest BCUT2D eigenvalue weighted by Gasteiger charge is -2.41. The largest absolute Gasteiger partial charge is 0.481 e. The molecule has 4 rings (SSSR count). The van der Waals surface area contributed by atoms with Gasteiger partial charge in [-0.25, -0.2) is 0 Å². The number of nitrogens with zero attached hydrogens (tertiary/aromatic N) is 1. The number of ether oxygens (including phenoxy) is 1. The second-order valence-corrected chi connectivity index (χ2v) is 5.27. The lowest BCUT2D eigenvalue weighted by molar-refractivity contribution is -0.123. The normalized spacial score (nSPS) is 34.2. The third-order valence-electron chi connectivity index (χ3n) is 4.40. The summed E-state index contributed by atoms with van der Waals surface area (Å²) in [7, 11) is 0. The Morgan fingerprint density at radius 3 is 3.00 bits per heavy atom. The zero-order valence-corrected chi connectivity index (χ0v) is 10.5. The number of para-hydroxylation sites is 1. The number of hydrogen-bond acceptors (Lipinski definition) is 3. The van der Waals surface area contributed by atoms with Gasteiger partial charge in [-0.3, -0.25) is 9.79 Å². The minimum Gasteiger partial charge on any atom is -0.481 e. The fourth-order valence-electron chi connectivity index (χ4n) is 3.53. The van der Waals surface area contributed by atoms with E-state index in [2.05, 4.69) is 18.0 Å². The molecular formula is C16H13NO2. The van der Waals surface area contributed by atoms with Crippen molar-refractivity contribution in [2.45, 2.75) is 18.4 Å². The summed E-state index contributed by atoms with van der Waals surface area (Å²) < 4.78 is 5.95. The molecule has 2 aliphatic heterocycles. The van der Waals surface area contributed by atoms with Crippen LogP contribution in [0.1, 0.15) is 12.5 Å². The Hall–Kier alpha value is -2.16. The van der Waals surface area contributed by atoms with Crippen LogP contribution >= 0.6 is 0 Å². The van der Waals surface area contributed by atoms with Crippen LogP contribution in [0.3, 0.4) is 0 Å². The van der Waals surface area contributed by atoms with Gasteiger partial charge in [0, 0.05) is 23.9 Å². The van der Waals surface area contributed by atoms with E-state index >= 15 is 0 Å². The molecule has 3 unspecified atom stereocenters. The first-order valence-corrected chi connectivity index (χ1v) is 6.46. The van der Waals surface area contributed by atoms with Gasteiger partial charge in [0.15, 0.2) is 11.9 Å². The molecule has 0 radical (unpaired) electrons. The van der Waals surface area contributed by atoms with Crippen molar-refractivity contribution in [3.8, 4) is 5.75 Å². The Kier molecular flexibility index (Phi) is 1.94. The maximum Gasteiger partial charge on any atom is 0.197 e. The first-order chi connectivity index (χ1) is 9.24. The summed E-state index contributed by atoms with van der Waals surface area (Å²) in [6.45, 7) is 2.10. The van der Waals surface area contributed by atoms with Crippen molar-refractivity contribution in [1.29, 1.82) is 0 Å². The van der Waals surface area contributed by atoms with Gasteiger partial charge in [-0.1, -0.05) is 31.2 Å². The second-order valence-electron chi connectivity index (χ2n) is 5.27. The van der Waals surface area contributed by atoms with E-state index in [4.69, 9.17) is 4.74 Å². The number of carbonyl (C=O) groups is 1. The molecular weight excluding hydrogens is 238 g/mol. The van der Waals surface area contributed by atoms with Crippen molar-refractivity contribution in [3.05, 3.63) is 53.8 Å². The van der Waals surface area contributed by atoms with Gasteiger partial charge in [0.05, 0.1) is 5.41 Å². The summed E-state index contributed by atoms with van der Waals surface area (Å²) in [5, 5.41) is 0. The van der Waals surface area contributed by atoms with Crippen molar-refractivity contribution in [2.75, 3.05) is 0 Å². The number of rotatable bonds is 0. The van der Waals surface area contributed by atoms with E-state index in [1.165, 1.54) is 0 Å². The fraction of sp³-hybridized carbons (Fsp3) is 0.250. The summed E-state index contributed by atoms with van der Waals surface area (Å²) in [5.74, 6) is 0.989. The zero-order chi connectivity index (χ0) is 13.0. The second kappa shape index (κ2) is 3.44. The number of fused-ring (bicyclic) bond motifs is 1. The Morgan fingerprint density at radius 1 is 1.26 bits per heavy atom. The molecule has 1 aliphatic carbocycles. The summed E-state index contributed by atoms with van der Waals surface area (Å²) in [6, 6.07) is 7.94. The SMILES string of the molecule is CC1C=NC=C2C=CC(=O)C3Oc4ccccc4C213. The smallest absolute Gasteiger partial charge is 0.197 e. The van der Waals surface area contributed by atoms with Gasteiger partial charge >= 0.3 is 0 Å². The molecule has 3 heteroatoms. The van der Waals surface area contributed by atoms with Crippen molar-refractivity contribution in [2.24, 2.45) is 10.9 Å². The number of ketones is 1. The molecule has 3 nitrogen and oxygen atoms in total. The lowest BCUT2D eigenvalue weighted by Crippen LogP contribution is -2.52. The van der Waals surface area contributed by atoms with E-state index in [0.717, 1.165) is 16.9 Å². The van der Waals surface area contributed by atoms with Gasteiger partial charge in [0.2, 0.25) is 0 Å². The number of benzene rings is 1. The van der Waals surface area contributed by atoms with Crippen LogP contribution in [-0.2, 0) is 10.2 Å². The topological polar surface area (TPSA) is 38.7 Å². The summed E-state index contributed by atoms with van der Waals surface area (Å²) >= 11 is 0. The number of aliphatic imine (C=N–C) groups is 1. The van der Waals surface area contributed by atoms with Crippen molar-refractivity contribution in [1.82, 2.24) is 0 Å². The minimum atomic E-state index is -0.456. The summed E-state index contributed by atoms with van der Waals surface area (Å²) in [6.07, 6.45) is 6.80. The van der Waals surface area contributed by atoms with Gasteiger partial charge in [-0.15, -0.1) is 0 Å². The molecule has 94 valence electrons. The Morgan fingerprint density at radius 2 is 2.11 bits per heavy atom. The molecule has 0 aromatic heterocycles. The minimum absolute atomic E-state index is 0.0375. The van der Waals surface area contributed by atoms with Crippen LogP contribution in [0.5, 0.6) is 5.75 Å². The van der Waals surface area contributed by atoms with Crippen LogP contribution in [0.2, 0.25) is 0 Å². The highest BCUT2D eigenvalue weighted by Crippen LogP contribution is 2.54. The molecule has 1 spiro atoms. The third-order valence-corrected chi connectivity index (χ3v) is 4.40. The quantitative estimate of drug-likeness (QED) is 0.710. The van der Waals surface area contributed by atoms with E-state index in [1.54, 1.807) is 6.08 Å². The molecule has 3 aliphatic rings. The van der Waals surface area contributed by atoms with E-state index in [9.17, 15) is 4.79 Å². The average molecular weight is 251 g/mol. The monoisotopic (exact) mass is 251 g/mol. The third kappa shape index (κ3) is 1.13. The predicted molar refractivity (Wildman–Crippen MR) is 72.4 cm³/mol. The summed E-state index contributed by atoms with van der Waals surface area (Å²) in [5.41, 5.74) is 1.77. The van der Waals surface area contributed by atoms with Crippen LogP contribution < -0.4 is 4.74 Å². The highest BCUT2D eigenvalue weighted by atomic mass is 16.5. The fourth-order valence-corrected chi connectivity index (χ4v) is 3.53. The molecule has 3 atom stereocenters. The van der Waals surface area contributed by atoms with Gasteiger partial charge in [-0.05, 0) is 17.7 Å². The molecule has 0 amide bonds. The molecule has 19 heavy (non-hydrogen) atoms. The molecule has 1 aromatic rings. The van der Waals surface area contributed by atoms with Crippen molar-refractivity contribution in [3.63, 3.8) is 0 Å². The van der Waals surface area contributed by atoms with Crippen LogP contribution in [0.15, 0.2) is 53.2 Å². The van der Waals surface area contributed by atoms with Crippen LogP contribution in [-0.4, -0.2) is 18.1 Å². The van der Waals surface area contributed by atoms with Crippen LogP contribution in [0.25, 0.3) is 0 Å². The molecule has 0 saturated heterocycles. The first-order valence-electron chi connectivity index (χ1n) is 6.46. The van der Waals surface area contributed by atoms with Gasteiger partial charge < -0.3 is 4.74 Å². The standard InChI is InChI=1S/C16H13NO2/c1-10-8-17-9-11-6-7-13(18)15-16(10,11)12-4-2-3-5-14(12)19-15/h2-10,15H,1H3. The van der Waals surface area contributed by atoms with E-state index in [1.807, 2.05) is 36.7 Å². The molecule has 0 fully saturated rings. The zero-order valence-electron chi connectivity index (χ0n) is 10.5. The number of hydrogen-bond donors (Lipinski definition) is 0. The summed E-state index contributed by atoms with van der Waals surface area (Å²) in [4.78, 5) is 16.5. The van der Waals surface area contributed by atoms with Crippen LogP contribution in [0.4, 0.5) is 0 Å². The Balaban J connectivity index is 2.06. The number of carbonyl (C=O) groups excluding carboxylic acids is 1. The Bertz CT molecular complexity index is 671. The van der Waals surface area contributed by atoms with Gasteiger partial charge in [0.25, 0.3) is 0 Å². The Labute approximate surface area is 111 Å². The van der Waals surface area contributed by atoms with Gasteiger partial charge in [-0.2, -0.15) is 0 Å². The molecule has 0 saturated carbocycles. The molecule has 2 heterocycles. The highest BCUT2D eigenvalue weighted by molar-refractivity contribution is 6.00. The first kappa shape index (κ1) is 10.7. The predicted octanol–water partition coefficient (Wildman–Crippen LogP) is 2.43. The number of allylic oxidation sites excluding steroid dienone is 1. The van der Waals surface area contributed by atoms with E-state index in [-0.39, 0.29) is 11.7 Å². The van der Waals surface area contributed by atoms with Crippen molar-refractivity contribution >= 4 is 12.0 Å². The molecule has 0 bridgehead atoms. The maximum absolute atomic E-state index is 12.3. The van der Waals surface area contributed by atoms with E-state index < -0.39 is 11.5 Å². The average Bonchev–Trinajstić information content (AvgIpc) is 2.78. The lowest BCUT2D eigenvalue weighted by atomic mass is 9.60. The van der Waals surface area contributed by atoms with Crippen molar-refractivity contribution < 1.29 is 9.53 Å². The maximum atomic E-state index is 12.3. The van der Waals surface area contributed by atoms with E-state index in [0.29, 0.717) is 0 Å². The molecule has 0 N–H and O–H groups in total.